The van der Waals surface area contributed by atoms with Crippen molar-refractivity contribution in [1.29, 1.82) is 0 Å². The van der Waals surface area contributed by atoms with Gasteiger partial charge in [0.25, 0.3) is 0 Å². The number of benzene rings is 4. The van der Waals surface area contributed by atoms with Crippen molar-refractivity contribution in [2.45, 2.75) is 142 Å². The van der Waals surface area contributed by atoms with Crippen molar-refractivity contribution in [3.8, 4) is 22.3 Å². The number of rotatable bonds is 12. The van der Waals surface area contributed by atoms with Gasteiger partial charge in [0, 0.05) is 15.9 Å². The third-order valence-corrected chi connectivity index (χ3v) is 13.8. The van der Waals surface area contributed by atoms with Crippen LogP contribution in [0.5, 0.6) is 0 Å². The predicted octanol–water partition coefficient (Wildman–Crippen LogP) is 18.4. The van der Waals surface area contributed by atoms with E-state index in [0.717, 1.165) is 11.8 Å². The zero-order valence-electron chi connectivity index (χ0n) is 37.0. The van der Waals surface area contributed by atoms with E-state index in [4.69, 9.17) is 17.0 Å². The van der Waals surface area contributed by atoms with Crippen LogP contribution in [-0.4, -0.2) is 15.7 Å². The van der Waals surface area contributed by atoms with Crippen molar-refractivity contribution in [3.05, 3.63) is 131 Å². The van der Waals surface area contributed by atoms with Crippen LogP contribution < -0.4 is 0 Å². The van der Waals surface area contributed by atoms with Crippen LogP contribution in [0.2, 0.25) is 12.6 Å². The summed E-state index contributed by atoms with van der Waals surface area (Å²) >= 11 is -0.826. The molecule has 0 N–H and O–H groups in total. The van der Waals surface area contributed by atoms with Crippen LogP contribution in [-0.2, 0) is 33.7 Å². The van der Waals surface area contributed by atoms with Crippen molar-refractivity contribution in [3.63, 3.8) is 0 Å². The van der Waals surface area contributed by atoms with Gasteiger partial charge in [-0.15, -0.1) is 69.1 Å². The molecule has 6 aromatic rings. The molecular formula is C54H65Cl2F3SiZr. The van der Waals surface area contributed by atoms with Crippen molar-refractivity contribution < 1.29 is 34.0 Å². The summed E-state index contributed by atoms with van der Waals surface area (Å²) in [5.74, 6) is 3.11. The zero-order chi connectivity index (χ0) is 43.8. The fraction of sp³-hybridized carbons (Fsp3) is 0.444. The van der Waals surface area contributed by atoms with E-state index >= 15 is 0 Å². The normalized spacial score (nSPS) is 15.3. The van der Waals surface area contributed by atoms with Crippen LogP contribution in [0.4, 0.5) is 13.2 Å². The van der Waals surface area contributed by atoms with Gasteiger partial charge in [-0.2, -0.15) is 25.3 Å². The number of alkyl halides is 3. The first-order valence-electron chi connectivity index (χ1n) is 22.7. The van der Waals surface area contributed by atoms with Gasteiger partial charge in [-0.05, 0) is 71.6 Å². The van der Waals surface area contributed by atoms with Crippen LogP contribution in [0, 0.1) is 11.8 Å². The molecule has 324 valence electrons. The van der Waals surface area contributed by atoms with Gasteiger partial charge in [-0.1, -0.05) is 163 Å². The molecule has 8 rings (SSSR count). The number of halogens is 5. The fourth-order valence-electron chi connectivity index (χ4n) is 9.15. The Bertz CT molecular complexity index is 2010. The molecular weight excluding hydrogens is 896 g/mol. The second-order valence-electron chi connectivity index (χ2n) is 17.5. The van der Waals surface area contributed by atoms with Crippen LogP contribution in [0.3, 0.4) is 0 Å². The first-order valence-corrected chi connectivity index (χ1v) is 30.7. The molecule has 2 unspecified atom stereocenters. The van der Waals surface area contributed by atoms with Gasteiger partial charge >= 0.3 is 44.1 Å². The van der Waals surface area contributed by atoms with Crippen LogP contribution in [0.15, 0.2) is 109 Å². The quantitative estimate of drug-likeness (QED) is 0.0847. The van der Waals surface area contributed by atoms with Gasteiger partial charge in [0.1, 0.15) is 0 Å². The topological polar surface area (TPSA) is 0 Å². The molecule has 2 radical (unpaired) electrons. The number of fused-ring (bicyclic) bond motifs is 2. The van der Waals surface area contributed by atoms with Crippen molar-refractivity contribution in [1.82, 2.24) is 0 Å². The summed E-state index contributed by atoms with van der Waals surface area (Å²) in [6.07, 6.45) is 11.8. The first kappa shape index (κ1) is 49.6. The minimum atomic E-state index is -3.94. The van der Waals surface area contributed by atoms with E-state index in [1.807, 2.05) is 0 Å². The molecule has 0 aliphatic heterocycles. The van der Waals surface area contributed by atoms with Gasteiger partial charge in [-0.3, -0.25) is 0 Å². The molecule has 0 aromatic heterocycles. The summed E-state index contributed by atoms with van der Waals surface area (Å²) in [5, 5.41) is 5.64. The fourth-order valence-corrected chi connectivity index (χ4v) is 9.68. The van der Waals surface area contributed by atoms with E-state index < -0.39 is 33.4 Å². The van der Waals surface area contributed by atoms with Gasteiger partial charge in [0.15, 0.2) is 0 Å². The Hall–Kier alpha value is -2.43. The molecule has 6 aromatic carbocycles. The molecule has 0 bridgehead atoms. The SMILES string of the molecule is CCC(C)c1ccc(-c2cccc3[cH-]c(CC4CCCC4)cc23)cc1.CCC(C)c1ccc(-c2cccc3[cH-]c(CC4CCCC4)cc23)cc1.C[Si]CCC(F)(F)F.[Cl][Zr+2][Cl]. The average Bonchev–Trinajstić information content (AvgIpc) is 4.12. The molecule has 2 fully saturated rings. The summed E-state index contributed by atoms with van der Waals surface area (Å²) in [5.41, 5.74) is 11.4. The van der Waals surface area contributed by atoms with E-state index in [1.165, 1.54) is 143 Å². The monoisotopic (exact) mass is 958 g/mol. The molecule has 7 heteroatoms. The Morgan fingerprint density at radius 3 is 1.33 bits per heavy atom. The van der Waals surface area contributed by atoms with Gasteiger partial charge in [0.05, 0.1) is 0 Å². The van der Waals surface area contributed by atoms with Crippen molar-refractivity contribution >= 4 is 48.1 Å². The maximum absolute atomic E-state index is 11.2. The second-order valence-corrected chi connectivity index (χ2v) is 22.4. The third kappa shape index (κ3) is 15.1. The Morgan fingerprint density at radius 1 is 0.639 bits per heavy atom. The van der Waals surface area contributed by atoms with E-state index in [2.05, 4.69) is 137 Å². The third-order valence-electron chi connectivity index (χ3n) is 13.1. The zero-order valence-corrected chi connectivity index (χ0v) is 42.0. The molecule has 2 aliphatic carbocycles. The predicted molar refractivity (Wildman–Crippen MR) is 257 cm³/mol. The van der Waals surface area contributed by atoms with Gasteiger partial charge in [0.2, 0.25) is 0 Å². The van der Waals surface area contributed by atoms with E-state index in [-0.39, 0.29) is 6.04 Å². The Balaban J connectivity index is 0.000000187. The first-order chi connectivity index (χ1) is 29.5. The summed E-state index contributed by atoms with van der Waals surface area (Å²) in [6, 6.07) is 42.0. The van der Waals surface area contributed by atoms with E-state index in [0.29, 0.717) is 21.4 Å². The number of hydrogen-bond acceptors (Lipinski definition) is 0. The van der Waals surface area contributed by atoms with E-state index in [9.17, 15) is 13.2 Å². The average molecular weight is 961 g/mol. The van der Waals surface area contributed by atoms with Crippen molar-refractivity contribution in [2.75, 3.05) is 0 Å². The Morgan fingerprint density at radius 2 is 1.02 bits per heavy atom. The van der Waals surface area contributed by atoms with Crippen LogP contribution in [0.1, 0.15) is 132 Å². The summed E-state index contributed by atoms with van der Waals surface area (Å²) in [4.78, 5) is 0. The minimum absolute atomic E-state index is 0.281. The molecule has 0 heterocycles. The molecule has 2 atom stereocenters. The van der Waals surface area contributed by atoms with Gasteiger partial charge < -0.3 is 0 Å². The van der Waals surface area contributed by atoms with Gasteiger partial charge in [-0.25, -0.2) is 0 Å². The second kappa shape index (κ2) is 25.2. The maximum atomic E-state index is 11.2. The summed E-state index contributed by atoms with van der Waals surface area (Å²) < 4.78 is 33.7. The van der Waals surface area contributed by atoms with Crippen LogP contribution in [0.25, 0.3) is 43.8 Å². The molecule has 2 saturated carbocycles. The van der Waals surface area contributed by atoms with E-state index in [1.54, 1.807) is 6.55 Å². The molecule has 0 saturated heterocycles. The summed E-state index contributed by atoms with van der Waals surface area (Å²) in [6.45, 7) is 10.9. The molecule has 2 aliphatic rings. The molecule has 0 amide bonds. The Kier molecular flexibility index (Phi) is 20.5. The molecule has 0 spiro atoms. The Labute approximate surface area is 386 Å². The van der Waals surface area contributed by atoms with Crippen LogP contribution >= 0.6 is 17.0 Å². The van der Waals surface area contributed by atoms with Crippen molar-refractivity contribution in [2.24, 2.45) is 11.8 Å². The summed E-state index contributed by atoms with van der Waals surface area (Å²) in [7, 11) is 10.3. The molecule has 61 heavy (non-hydrogen) atoms. The standard InChI is InChI=1S/2C25H29.C4H7F3Si.2ClH.Zr/c2*1-3-18(2)21-11-13-22(14-12-21)24-10-6-9-23-16-20(17-25(23)24)15-19-7-4-5-8-19;1-8-3-2-4(5,6)7;;;/h2*6,9-14,16-19H,3-5,7-8,15H2,1-2H3;2-3H2,1H3;2*1H;/q2*-1;;;;+4/p-2. The molecule has 0 nitrogen and oxygen atoms in total. The number of hydrogen-bond donors (Lipinski definition) is 0.